The lowest BCUT2D eigenvalue weighted by Crippen LogP contribution is -2.06. The van der Waals surface area contributed by atoms with Crippen LogP contribution in [0.15, 0.2) is 51.8 Å². The summed E-state index contributed by atoms with van der Waals surface area (Å²) in [5, 5.41) is 4.20. The number of hydrogen-bond donors (Lipinski definition) is 1. The van der Waals surface area contributed by atoms with Crippen molar-refractivity contribution in [2.45, 2.75) is 17.9 Å². The number of anilines is 1. The Hall–Kier alpha value is -0.640. The Kier molecular flexibility index (Phi) is 5.20. The second-order valence-electron chi connectivity index (χ2n) is 4.26. The third kappa shape index (κ3) is 3.91. The molecule has 0 aliphatic carbocycles. The summed E-state index contributed by atoms with van der Waals surface area (Å²) in [5.41, 5.74) is 2.26. The number of rotatable bonds is 4. The third-order valence-corrected chi connectivity index (χ3v) is 4.59. The van der Waals surface area contributed by atoms with Gasteiger partial charge in [0.2, 0.25) is 0 Å². The normalized spacial score (nSPS) is 12.2. The first-order valence-corrected chi connectivity index (χ1v) is 8.35. The Labute approximate surface area is 131 Å². The van der Waals surface area contributed by atoms with E-state index in [4.69, 9.17) is 11.6 Å². The molecule has 0 aliphatic rings. The van der Waals surface area contributed by atoms with Crippen LogP contribution in [0.4, 0.5) is 5.69 Å². The molecule has 0 saturated carbocycles. The van der Waals surface area contributed by atoms with Crippen LogP contribution in [0, 0.1) is 0 Å². The molecular weight excluding hydrogens is 342 g/mol. The van der Waals surface area contributed by atoms with Crippen molar-refractivity contribution in [1.82, 2.24) is 0 Å². The minimum absolute atomic E-state index is 0.227. The lowest BCUT2D eigenvalue weighted by atomic mass is 10.1. The van der Waals surface area contributed by atoms with E-state index < -0.39 is 0 Å². The van der Waals surface area contributed by atoms with Crippen molar-refractivity contribution in [3.05, 3.63) is 57.5 Å². The van der Waals surface area contributed by atoms with Gasteiger partial charge in [-0.3, -0.25) is 0 Å². The van der Waals surface area contributed by atoms with E-state index in [9.17, 15) is 0 Å². The molecule has 2 aromatic carbocycles. The molecule has 2 rings (SSSR count). The first kappa shape index (κ1) is 14.8. The van der Waals surface area contributed by atoms with Gasteiger partial charge >= 0.3 is 0 Å². The second-order valence-corrected chi connectivity index (χ2v) is 6.43. The van der Waals surface area contributed by atoms with Gasteiger partial charge in [-0.2, -0.15) is 0 Å². The molecule has 100 valence electrons. The summed E-state index contributed by atoms with van der Waals surface area (Å²) in [7, 11) is 0. The van der Waals surface area contributed by atoms with Crippen LogP contribution < -0.4 is 5.32 Å². The quantitative estimate of drug-likeness (QED) is 0.674. The van der Waals surface area contributed by atoms with Crippen LogP contribution >= 0.6 is 39.3 Å². The molecule has 0 aliphatic heterocycles. The van der Waals surface area contributed by atoms with Crippen molar-refractivity contribution in [2.24, 2.45) is 0 Å². The number of thioether (sulfide) groups is 1. The Morgan fingerprint density at radius 2 is 1.84 bits per heavy atom. The third-order valence-electron chi connectivity index (χ3n) is 2.92. The highest BCUT2D eigenvalue weighted by molar-refractivity contribution is 9.10. The molecule has 19 heavy (non-hydrogen) atoms. The summed E-state index contributed by atoms with van der Waals surface area (Å²) in [5.74, 6) is 0. The number of halogens is 2. The predicted octanol–water partition coefficient (Wildman–Crippen LogP) is 6.00. The van der Waals surface area contributed by atoms with Gasteiger partial charge < -0.3 is 5.32 Å². The maximum Gasteiger partial charge on any atom is 0.0504 e. The number of nitrogens with one attached hydrogen (secondary N) is 1. The summed E-state index contributed by atoms with van der Waals surface area (Å²) < 4.78 is 1.02. The van der Waals surface area contributed by atoms with Gasteiger partial charge in [-0.25, -0.2) is 0 Å². The standard InChI is InChI=1S/C15H15BrClNS/c1-10(11-3-6-13(19-2)7-4-11)18-15-9-12(17)5-8-14(15)16/h3-10,18H,1-2H3. The van der Waals surface area contributed by atoms with Crippen LogP contribution in [0.5, 0.6) is 0 Å². The molecule has 1 nitrogen and oxygen atoms in total. The molecule has 0 fully saturated rings. The van der Waals surface area contributed by atoms with Gasteiger partial charge in [0, 0.05) is 20.4 Å². The lowest BCUT2D eigenvalue weighted by Gasteiger charge is -2.17. The van der Waals surface area contributed by atoms with E-state index in [-0.39, 0.29) is 6.04 Å². The molecule has 1 unspecified atom stereocenters. The average molecular weight is 357 g/mol. The summed E-state index contributed by atoms with van der Waals surface area (Å²) in [6.45, 7) is 2.14. The lowest BCUT2D eigenvalue weighted by molar-refractivity contribution is 0.881. The molecule has 1 N–H and O–H groups in total. The van der Waals surface area contributed by atoms with E-state index in [0.29, 0.717) is 0 Å². The largest absolute Gasteiger partial charge is 0.378 e. The van der Waals surface area contributed by atoms with Crippen molar-refractivity contribution in [1.29, 1.82) is 0 Å². The fraction of sp³-hybridized carbons (Fsp3) is 0.200. The van der Waals surface area contributed by atoms with Crippen molar-refractivity contribution in [2.75, 3.05) is 11.6 Å². The van der Waals surface area contributed by atoms with Crippen LogP contribution in [0.1, 0.15) is 18.5 Å². The molecule has 4 heteroatoms. The van der Waals surface area contributed by atoms with Crippen molar-refractivity contribution in [3.63, 3.8) is 0 Å². The highest BCUT2D eigenvalue weighted by atomic mass is 79.9. The second kappa shape index (κ2) is 6.69. The fourth-order valence-electron chi connectivity index (χ4n) is 1.82. The Morgan fingerprint density at radius 3 is 2.47 bits per heavy atom. The Morgan fingerprint density at radius 1 is 1.16 bits per heavy atom. The van der Waals surface area contributed by atoms with E-state index in [1.807, 2.05) is 18.2 Å². The predicted molar refractivity (Wildman–Crippen MR) is 89.4 cm³/mol. The first-order chi connectivity index (χ1) is 9.10. The zero-order chi connectivity index (χ0) is 13.8. The molecule has 0 saturated heterocycles. The first-order valence-electron chi connectivity index (χ1n) is 5.95. The van der Waals surface area contributed by atoms with Gasteiger partial charge in [-0.15, -0.1) is 11.8 Å². The van der Waals surface area contributed by atoms with Crippen LogP contribution in [0.2, 0.25) is 5.02 Å². The topological polar surface area (TPSA) is 12.0 Å². The summed E-state index contributed by atoms with van der Waals surface area (Å²) in [6, 6.07) is 14.6. The highest BCUT2D eigenvalue weighted by Gasteiger charge is 2.08. The summed E-state index contributed by atoms with van der Waals surface area (Å²) >= 11 is 11.3. The van der Waals surface area contributed by atoms with Gasteiger partial charge in [0.15, 0.2) is 0 Å². The molecule has 0 bridgehead atoms. The molecule has 0 spiro atoms. The highest BCUT2D eigenvalue weighted by Crippen LogP contribution is 2.29. The molecule has 0 radical (unpaired) electrons. The number of benzene rings is 2. The Bertz CT molecular complexity index is 557. The minimum atomic E-state index is 0.227. The maximum atomic E-state index is 6.02. The monoisotopic (exact) mass is 355 g/mol. The van der Waals surface area contributed by atoms with E-state index in [0.717, 1.165) is 15.2 Å². The van der Waals surface area contributed by atoms with Gasteiger partial charge in [0.25, 0.3) is 0 Å². The van der Waals surface area contributed by atoms with E-state index >= 15 is 0 Å². The average Bonchev–Trinajstić information content (AvgIpc) is 2.43. The zero-order valence-corrected chi connectivity index (χ0v) is 13.9. The molecule has 1 atom stereocenters. The molecule has 2 aromatic rings. The van der Waals surface area contributed by atoms with Gasteiger partial charge in [-0.05, 0) is 65.0 Å². The zero-order valence-electron chi connectivity index (χ0n) is 10.8. The smallest absolute Gasteiger partial charge is 0.0504 e. The van der Waals surface area contributed by atoms with Crippen LogP contribution in [-0.2, 0) is 0 Å². The molecule has 0 aromatic heterocycles. The van der Waals surface area contributed by atoms with E-state index in [1.165, 1.54) is 10.5 Å². The SMILES string of the molecule is CSc1ccc(C(C)Nc2cc(Cl)ccc2Br)cc1. The molecular formula is C15H15BrClNS. The van der Waals surface area contributed by atoms with Crippen LogP contribution in [0.3, 0.4) is 0 Å². The minimum Gasteiger partial charge on any atom is -0.378 e. The van der Waals surface area contributed by atoms with Crippen molar-refractivity contribution in [3.8, 4) is 0 Å². The summed E-state index contributed by atoms with van der Waals surface area (Å²) in [6.07, 6.45) is 2.08. The van der Waals surface area contributed by atoms with E-state index in [2.05, 4.69) is 58.7 Å². The number of hydrogen-bond acceptors (Lipinski definition) is 2. The molecule has 0 amide bonds. The van der Waals surface area contributed by atoms with Gasteiger partial charge in [-0.1, -0.05) is 23.7 Å². The maximum absolute atomic E-state index is 6.02. The van der Waals surface area contributed by atoms with Crippen LogP contribution in [0.25, 0.3) is 0 Å². The fourth-order valence-corrected chi connectivity index (χ4v) is 2.76. The van der Waals surface area contributed by atoms with Crippen molar-refractivity contribution < 1.29 is 0 Å². The van der Waals surface area contributed by atoms with Gasteiger partial charge in [0.1, 0.15) is 0 Å². The Balaban J connectivity index is 2.15. The van der Waals surface area contributed by atoms with Crippen molar-refractivity contribution >= 4 is 45.0 Å². The van der Waals surface area contributed by atoms with E-state index in [1.54, 1.807) is 11.8 Å². The summed E-state index contributed by atoms with van der Waals surface area (Å²) in [4.78, 5) is 1.28. The van der Waals surface area contributed by atoms with Crippen LogP contribution in [-0.4, -0.2) is 6.26 Å². The van der Waals surface area contributed by atoms with Gasteiger partial charge in [0.05, 0.1) is 5.69 Å². The molecule has 0 heterocycles.